The first-order valence-electron chi connectivity index (χ1n) is 8.47. The average molecular weight is 370 g/mol. The third-order valence-electron chi connectivity index (χ3n) is 4.08. The number of hydrogen-bond donors (Lipinski definition) is 1. The van der Waals surface area contributed by atoms with E-state index < -0.39 is 18.8 Å². The lowest BCUT2D eigenvalue weighted by Gasteiger charge is -2.29. The number of halogens is 3. The van der Waals surface area contributed by atoms with Crippen molar-refractivity contribution in [2.24, 2.45) is 0 Å². The molecule has 9 heteroatoms. The summed E-state index contributed by atoms with van der Waals surface area (Å²) in [5.74, 6) is 1.02. The number of hydrogen-bond acceptors (Lipinski definition) is 5. The Bertz CT molecular complexity index is 706. The predicted octanol–water partition coefficient (Wildman–Crippen LogP) is 2.38. The summed E-state index contributed by atoms with van der Waals surface area (Å²) in [4.78, 5) is 6.13. The molecule has 1 aliphatic heterocycles. The number of likely N-dealkylation sites (tertiary alicyclic amines) is 1. The van der Waals surface area contributed by atoms with Crippen molar-refractivity contribution in [1.29, 1.82) is 0 Å². The van der Waals surface area contributed by atoms with Gasteiger partial charge in [-0.15, -0.1) is 0 Å². The number of aliphatic hydroxyl groups is 1. The molecule has 1 aromatic heterocycles. The molecule has 0 aliphatic carbocycles. The number of rotatable bonds is 6. The Balaban J connectivity index is 1.71. The first kappa shape index (κ1) is 18.7. The molecule has 0 amide bonds. The van der Waals surface area contributed by atoms with E-state index in [2.05, 4.69) is 10.1 Å². The zero-order valence-electron chi connectivity index (χ0n) is 14.2. The van der Waals surface area contributed by atoms with Crippen molar-refractivity contribution < 1.29 is 23.0 Å². The molecule has 2 aromatic rings. The van der Waals surface area contributed by atoms with Gasteiger partial charge in [-0.1, -0.05) is 18.2 Å². The largest absolute Gasteiger partial charge is 0.486 e. The molecule has 1 atom stereocenters. The molecule has 1 N–H and O–H groups in total. The van der Waals surface area contributed by atoms with Crippen molar-refractivity contribution in [1.82, 2.24) is 19.7 Å². The third-order valence-corrected chi connectivity index (χ3v) is 4.08. The van der Waals surface area contributed by atoms with Gasteiger partial charge in [-0.2, -0.15) is 18.3 Å². The van der Waals surface area contributed by atoms with Gasteiger partial charge in [0.15, 0.2) is 5.82 Å². The number of aliphatic hydroxyl groups excluding tert-OH is 1. The summed E-state index contributed by atoms with van der Waals surface area (Å²) in [7, 11) is 0. The monoisotopic (exact) mass is 370 g/mol. The maximum absolute atomic E-state index is 12.8. The van der Waals surface area contributed by atoms with Crippen molar-refractivity contribution in [2.45, 2.75) is 44.8 Å². The number of nitrogens with zero attached hydrogens (tertiary/aromatic N) is 4. The second-order valence-electron chi connectivity index (χ2n) is 6.35. The molecule has 0 saturated carbocycles. The Kier molecular flexibility index (Phi) is 5.77. The molecule has 0 bridgehead atoms. The van der Waals surface area contributed by atoms with Gasteiger partial charge in [-0.25, -0.2) is 9.67 Å². The Morgan fingerprint density at radius 3 is 2.69 bits per heavy atom. The van der Waals surface area contributed by atoms with Crippen LogP contribution in [0.3, 0.4) is 0 Å². The summed E-state index contributed by atoms with van der Waals surface area (Å²) < 4.78 is 44.9. The molecule has 26 heavy (non-hydrogen) atoms. The first-order chi connectivity index (χ1) is 12.4. The number of benzene rings is 1. The summed E-state index contributed by atoms with van der Waals surface area (Å²) in [6.07, 6.45) is -3.33. The number of aromatic nitrogens is 3. The number of para-hydroxylation sites is 1. The molecule has 3 rings (SSSR count). The first-order valence-corrected chi connectivity index (χ1v) is 8.47. The van der Waals surface area contributed by atoms with E-state index >= 15 is 0 Å². The Hall–Kier alpha value is -2.13. The van der Waals surface area contributed by atoms with Gasteiger partial charge in [0.25, 0.3) is 0 Å². The molecule has 1 aliphatic rings. The summed E-state index contributed by atoms with van der Waals surface area (Å²) in [5.41, 5.74) is 0. The van der Waals surface area contributed by atoms with Crippen LogP contribution in [0, 0.1) is 0 Å². The minimum Gasteiger partial charge on any atom is -0.486 e. The Morgan fingerprint density at radius 1 is 1.23 bits per heavy atom. The van der Waals surface area contributed by atoms with Gasteiger partial charge in [0.05, 0.1) is 12.6 Å². The van der Waals surface area contributed by atoms with E-state index in [4.69, 9.17) is 4.74 Å². The van der Waals surface area contributed by atoms with Crippen LogP contribution in [0.2, 0.25) is 0 Å². The van der Waals surface area contributed by atoms with E-state index in [9.17, 15) is 18.3 Å². The smallest absolute Gasteiger partial charge is 0.408 e. The van der Waals surface area contributed by atoms with E-state index in [1.165, 1.54) is 0 Å². The highest BCUT2D eigenvalue weighted by Crippen LogP contribution is 2.20. The van der Waals surface area contributed by atoms with Gasteiger partial charge >= 0.3 is 6.18 Å². The lowest BCUT2D eigenvalue weighted by atomic mass is 10.1. The molecule has 1 aromatic carbocycles. The van der Waals surface area contributed by atoms with Crippen LogP contribution in [-0.2, 0) is 19.7 Å². The second-order valence-corrected chi connectivity index (χ2v) is 6.35. The van der Waals surface area contributed by atoms with Gasteiger partial charge in [0, 0.05) is 6.54 Å². The number of alkyl halides is 3. The SMILES string of the molecule is O[C@H]1CCCN(Cc2nc(COc3ccccc3)nn2CC(F)(F)F)C1. The van der Waals surface area contributed by atoms with Crippen LogP contribution in [-0.4, -0.2) is 50.1 Å². The van der Waals surface area contributed by atoms with Gasteiger partial charge in [-0.3, -0.25) is 4.90 Å². The third kappa shape index (κ3) is 5.43. The van der Waals surface area contributed by atoms with Gasteiger partial charge in [0.1, 0.15) is 24.7 Å². The highest BCUT2D eigenvalue weighted by molar-refractivity contribution is 5.21. The summed E-state index contributed by atoms with van der Waals surface area (Å²) in [6.45, 7) is 0.146. The number of piperidine rings is 1. The maximum Gasteiger partial charge on any atom is 0.408 e. The fourth-order valence-corrected chi connectivity index (χ4v) is 2.94. The van der Waals surface area contributed by atoms with E-state index in [1.807, 2.05) is 11.0 Å². The van der Waals surface area contributed by atoms with E-state index in [0.717, 1.165) is 11.1 Å². The van der Waals surface area contributed by atoms with Crippen molar-refractivity contribution in [2.75, 3.05) is 13.1 Å². The molecule has 6 nitrogen and oxygen atoms in total. The van der Waals surface area contributed by atoms with Crippen LogP contribution in [0.5, 0.6) is 5.75 Å². The van der Waals surface area contributed by atoms with E-state index in [-0.39, 0.29) is 24.8 Å². The molecule has 0 spiro atoms. The molecule has 142 valence electrons. The van der Waals surface area contributed by atoms with Gasteiger partial charge in [-0.05, 0) is 31.5 Å². The minimum absolute atomic E-state index is 0.00943. The van der Waals surface area contributed by atoms with Crippen LogP contribution in [0.15, 0.2) is 30.3 Å². The minimum atomic E-state index is -4.39. The van der Waals surface area contributed by atoms with E-state index in [1.54, 1.807) is 24.3 Å². The molecule has 2 heterocycles. The molecular weight excluding hydrogens is 349 g/mol. The molecule has 1 fully saturated rings. The zero-order chi connectivity index (χ0) is 18.6. The molecular formula is C17H21F3N4O2. The fraction of sp³-hybridized carbons (Fsp3) is 0.529. The van der Waals surface area contributed by atoms with Crippen LogP contribution < -0.4 is 4.74 Å². The van der Waals surface area contributed by atoms with E-state index in [0.29, 0.717) is 25.3 Å². The summed E-state index contributed by atoms with van der Waals surface area (Å²) >= 11 is 0. The van der Waals surface area contributed by atoms with Crippen LogP contribution >= 0.6 is 0 Å². The molecule has 1 saturated heterocycles. The lowest BCUT2D eigenvalue weighted by Crippen LogP contribution is -2.38. The number of β-amino-alcohol motifs (C(OH)–C–C–N with tert-alkyl or cyclic N) is 1. The zero-order valence-corrected chi connectivity index (χ0v) is 14.2. The normalized spacial score (nSPS) is 18.8. The molecule has 0 unspecified atom stereocenters. The Labute approximate surface area is 149 Å². The molecule has 0 radical (unpaired) electrons. The highest BCUT2D eigenvalue weighted by atomic mass is 19.4. The van der Waals surface area contributed by atoms with Crippen molar-refractivity contribution in [3.63, 3.8) is 0 Å². The van der Waals surface area contributed by atoms with Crippen LogP contribution in [0.1, 0.15) is 24.5 Å². The standard InChI is InChI=1S/C17H21F3N4O2/c18-17(19,20)12-24-16(10-23-8-4-5-13(25)9-23)21-15(22-24)11-26-14-6-2-1-3-7-14/h1-3,6-7,13,25H,4-5,8-12H2/t13-/m0/s1. The topological polar surface area (TPSA) is 63.4 Å². The van der Waals surface area contributed by atoms with Crippen LogP contribution in [0.4, 0.5) is 13.2 Å². The van der Waals surface area contributed by atoms with Crippen molar-refractivity contribution >= 4 is 0 Å². The maximum atomic E-state index is 12.8. The predicted molar refractivity (Wildman–Crippen MR) is 87.4 cm³/mol. The fourth-order valence-electron chi connectivity index (χ4n) is 2.94. The Morgan fingerprint density at radius 2 is 2.00 bits per heavy atom. The summed E-state index contributed by atoms with van der Waals surface area (Å²) in [5, 5.41) is 13.7. The second kappa shape index (κ2) is 8.05. The van der Waals surface area contributed by atoms with Gasteiger partial charge < -0.3 is 9.84 Å². The highest BCUT2D eigenvalue weighted by Gasteiger charge is 2.31. The quantitative estimate of drug-likeness (QED) is 0.846. The van der Waals surface area contributed by atoms with Crippen molar-refractivity contribution in [3.05, 3.63) is 42.0 Å². The van der Waals surface area contributed by atoms with Gasteiger partial charge in [0.2, 0.25) is 0 Å². The summed E-state index contributed by atoms with van der Waals surface area (Å²) in [6, 6.07) is 8.95. The van der Waals surface area contributed by atoms with Crippen molar-refractivity contribution in [3.8, 4) is 5.75 Å². The number of ether oxygens (including phenoxy) is 1. The lowest BCUT2D eigenvalue weighted by molar-refractivity contribution is -0.143. The van der Waals surface area contributed by atoms with Crippen LogP contribution in [0.25, 0.3) is 0 Å². The average Bonchev–Trinajstić information content (AvgIpc) is 2.94.